The van der Waals surface area contributed by atoms with Crippen molar-refractivity contribution >= 4 is 57.8 Å². The number of rotatable bonds is 5. The van der Waals surface area contributed by atoms with Gasteiger partial charge in [0.05, 0.1) is 23.6 Å². The predicted molar refractivity (Wildman–Crippen MR) is 157 cm³/mol. The summed E-state index contributed by atoms with van der Waals surface area (Å²) in [6.07, 6.45) is 2.95. The van der Waals surface area contributed by atoms with E-state index in [9.17, 15) is 14.4 Å². The molecule has 0 atom stereocenters. The monoisotopic (exact) mass is 563 g/mol. The molecule has 4 heterocycles. The number of carbonyl (C=O) groups is 2. The van der Waals surface area contributed by atoms with Crippen LogP contribution in [0.5, 0.6) is 0 Å². The van der Waals surface area contributed by atoms with Crippen LogP contribution in [0.3, 0.4) is 0 Å². The van der Waals surface area contributed by atoms with Crippen LogP contribution in [0, 0.1) is 13.8 Å². The van der Waals surface area contributed by atoms with E-state index in [1.54, 1.807) is 35.1 Å². The van der Waals surface area contributed by atoms with Crippen molar-refractivity contribution in [2.45, 2.75) is 27.3 Å². The van der Waals surface area contributed by atoms with Gasteiger partial charge in [-0.25, -0.2) is 9.78 Å². The molecule has 0 bridgehead atoms. The van der Waals surface area contributed by atoms with E-state index in [2.05, 4.69) is 0 Å². The molecule has 2 aliphatic rings. The number of benzene rings is 1. The average Bonchev–Trinajstić information content (AvgIpc) is 3.19. The van der Waals surface area contributed by atoms with Gasteiger partial charge >= 0.3 is 6.09 Å². The van der Waals surface area contributed by atoms with Crippen LogP contribution in [0.4, 0.5) is 10.6 Å². The molecule has 2 aromatic heterocycles. The van der Waals surface area contributed by atoms with Crippen LogP contribution in [-0.4, -0.2) is 68.3 Å². The van der Waals surface area contributed by atoms with E-state index in [4.69, 9.17) is 21.9 Å². The van der Waals surface area contributed by atoms with Crippen molar-refractivity contribution in [2.75, 3.05) is 37.7 Å². The molecule has 9 nitrogen and oxygen atoms in total. The molecule has 0 spiro atoms. The first kappa shape index (κ1) is 26.9. The smallest absolute Gasteiger partial charge is 0.409 e. The van der Waals surface area contributed by atoms with Crippen molar-refractivity contribution in [3.63, 3.8) is 0 Å². The Balaban J connectivity index is 1.50. The number of fused-ring (bicyclic) bond motifs is 1. The van der Waals surface area contributed by atoms with Crippen LogP contribution < -0.4 is 10.5 Å². The second-order valence-electron chi connectivity index (χ2n) is 9.47. The Bertz CT molecular complexity index is 1540. The number of thiocarbonyl (C=S) groups is 1. The molecular formula is C28H29N5O4S2. The third kappa shape index (κ3) is 5.41. The van der Waals surface area contributed by atoms with Gasteiger partial charge in [0.1, 0.15) is 15.8 Å². The molecule has 0 saturated carbocycles. The largest absolute Gasteiger partial charge is 0.450 e. The summed E-state index contributed by atoms with van der Waals surface area (Å²) >= 11 is 6.73. The highest BCUT2D eigenvalue weighted by molar-refractivity contribution is 8.26. The van der Waals surface area contributed by atoms with E-state index in [1.807, 2.05) is 49.1 Å². The number of anilines is 1. The van der Waals surface area contributed by atoms with E-state index < -0.39 is 0 Å². The van der Waals surface area contributed by atoms with Crippen LogP contribution in [0.2, 0.25) is 0 Å². The molecule has 0 N–H and O–H groups in total. The summed E-state index contributed by atoms with van der Waals surface area (Å²) in [6.45, 7) is 8.19. The minimum atomic E-state index is -0.350. The molecule has 202 valence electrons. The molecule has 2 amide bonds. The minimum absolute atomic E-state index is 0.239. The van der Waals surface area contributed by atoms with Crippen LogP contribution in [0.1, 0.15) is 29.2 Å². The predicted octanol–water partition coefficient (Wildman–Crippen LogP) is 3.99. The summed E-state index contributed by atoms with van der Waals surface area (Å²) in [5.41, 5.74) is 3.57. The fourth-order valence-corrected chi connectivity index (χ4v) is 5.86. The fourth-order valence-electron chi connectivity index (χ4n) is 4.63. The molecule has 0 unspecified atom stereocenters. The van der Waals surface area contributed by atoms with Gasteiger partial charge in [0.25, 0.3) is 11.5 Å². The lowest BCUT2D eigenvalue weighted by Gasteiger charge is -2.35. The number of piperazine rings is 1. The maximum atomic E-state index is 13.8. The van der Waals surface area contributed by atoms with Crippen LogP contribution in [0.25, 0.3) is 11.7 Å². The standard InChI is InChI=1S/C28H29N5O4S2/c1-4-37-27(36)31-14-12-30(13-15-31)24-21(25(34)32-11-5-6-19(3)23(32)29-24)16-22-26(35)33(28(38)39-22)17-20-9-7-18(2)8-10-20/h5-11,16H,4,12-15,17H2,1-3H3. The van der Waals surface area contributed by atoms with Crippen molar-refractivity contribution in [2.24, 2.45) is 0 Å². The molecule has 2 fully saturated rings. The average molecular weight is 564 g/mol. The molecule has 11 heteroatoms. The number of thioether (sulfide) groups is 1. The van der Waals surface area contributed by atoms with E-state index in [0.717, 1.165) is 16.7 Å². The van der Waals surface area contributed by atoms with Crippen LogP contribution in [-0.2, 0) is 16.1 Å². The van der Waals surface area contributed by atoms with E-state index in [1.165, 1.54) is 16.2 Å². The Hall–Kier alpha value is -3.70. The lowest BCUT2D eigenvalue weighted by molar-refractivity contribution is -0.122. The quantitative estimate of drug-likeness (QED) is 0.340. The first-order valence-corrected chi connectivity index (χ1v) is 14.0. The third-order valence-electron chi connectivity index (χ3n) is 6.78. The van der Waals surface area contributed by atoms with Crippen molar-refractivity contribution < 1.29 is 14.3 Å². The van der Waals surface area contributed by atoms with Gasteiger partial charge < -0.3 is 14.5 Å². The number of hydrogen-bond donors (Lipinski definition) is 0. The highest BCUT2D eigenvalue weighted by atomic mass is 32.2. The number of aryl methyl sites for hydroxylation is 2. The van der Waals surface area contributed by atoms with E-state index >= 15 is 0 Å². The molecule has 2 saturated heterocycles. The summed E-state index contributed by atoms with van der Waals surface area (Å²) in [5.74, 6) is 0.249. The Kier molecular flexibility index (Phi) is 7.72. The van der Waals surface area contributed by atoms with Crippen LogP contribution in [0.15, 0.2) is 52.3 Å². The van der Waals surface area contributed by atoms with Crippen LogP contribution >= 0.6 is 24.0 Å². The zero-order valence-corrected chi connectivity index (χ0v) is 23.7. The minimum Gasteiger partial charge on any atom is -0.450 e. The lowest BCUT2D eigenvalue weighted by Crippen LogP contribution is -2.49. The van der Waals surface area contributed by atoms with Gasteiger partial charge in [0.2, 0.25) is 0 Å². The summed E-state index contributed by atoms with van der Waals surface area (Å²) < 4.78 is 7.09. The molecule has 5 rings (SSSR count). The van der Waals surface area contributed by atoms with Crippen molar-refractivity contribution in [3.05, 3.63) is 80.1 Å². The highest BCUT2D eigenvalue weighted by Gasteiger charge is 2.33. The van der Waals surface area contributed by atoms with Gasteiger partial charge in [-0.1, -0.05) is 59.9 Å². The number of aromatic nitrogens is 2. The van der Waals surface area contributed by atoms with Gasteiger partial charge in [0.15, 0.2) is 0 Å². The summed E-state index contributed by atoms with van der Waals surface area (Å²) in [7, 11) is 0. The Morgan fingerprint density at radius 2 is 1.82 bits per heavy atom. The van der Waals surface area contributed by atoms with E-state index in [-0.39, 0.29) is 17.6 Å². The normalized spacial score (nSPS) is 17.0. The maximum Gasteiger partial charge on any atom is 0.409 e. The topological polar surface area (TPSA) is 87.5 Å². The summed E-state index contributed by atoms with van der Waals surface area (Å²) in [6, 6.07) is 11.7. The van der Waals surface area contributed by atoms with Crippen molar-refractivity contribution in [1.82, 2.24) is 19.2 Å². The zero-order chi connectivity index (χ0) is 27.7. The molecule has 39 heavy (non-hydrogen) atoms. The molecule has 0 aliphatic carbocycles. The number of pyridine rings is 1. The van der Waals surface area contributed by atoms with E-state index in [0.29, 0.717) is 65.6 Å². The number of hydrogen-bond acceptors (Lipinski definition) is 8. The Morgan fingerprint density at radius 1 is 1.10 bits per heavy atom. The van der Waals surface area contributed by atoms with Gasteiger partial charge in [0, 0.05) is 32.4 Å². The fraction of sp³-hybridized carbons (Fsp3) is 0.321. The zero-order valence-electron chi connectivity index (χ0n) is 22.0. The first-order chi connectivity index (χ1) is 18.8. The number of nitrogens with zero attached hydrogens (tertiary/aromatic N) is 5. The SMILES string of the molecule is CCOC(=O)N1CCN(c2nc3c(C)cccn3c(=O)c2C=C2SC(=S)N(Cc3ccc(C)cc3)C2=O)CC1. The second-order valence-corrected chi connectivity index (χ2v) is 11.1. The molecule has 0 radical (unpaired) electrons. The Labute approximate surface area is 236 Å². The molecule has 3 aromatic rings. The first-order valence-electron chi connectivity index (χ1n) is 12.8. The maximum absolute atomic E-state index is 13.8. The highest BCUT2D eigenvalue weighted by Crippen LogP contribution is 2.34. The van der Waals surface area contributed by atoms with Gasteiger partial charge in [-0.15, -0.1) is 0 Å². The number of amides is 2. The summed E-state index contributed by atoms with van der Waals surface area (Å²) in [5, 5.41) is 0. The molecular weight excluding hydrogens is 534 g/mol. The van der Waals surface area contributed by atoms with Gasteiger partial charge in [-0.05, 0) is 44.0 Å². The van der Waals surface area contributed by atoms with Crippen molar-refractivity contribution in [1.29, 1.82) is 0 Å². The third-order valence-corrected chi connectivity index (χ3v) is 8.16. The molecule has 1 aromatic carbocycles. The second kappa shape index (κ2) is 11.2. The van der Waals surface area contributed by atoms with Crippen molar-refractivity contribution in [3.8, 4) is 0 Å². The Morgan fingerprint density at radius 3 is 2.51 bits per heavy atom. The van der Waals surface area contributed by atoms with Gasteiger partial charge in [-0.2, -0.15) is 0 Å². The number of ether oxygens (including phenoxy) is 1. The molecule has 2 aliphatic heterocycles. The summed E-state index contributed by atoms with van der Waals surface area (Å²) in [4.78, 5) is 49.9. The number of carbonyl (C=O) groups excluding carboxylic acids is 2. The van der Waals surface area contributed by atoms with Gasteiger partial charge in [-0.3, -0.25) is 18.9 Å². The lowest BCUT2D eigenvalue weighted by atomic mass is 10.1.